The third kappa shape index (κ3) is 3.89. The molecule has 0 atom stereocenters. The van der Waals surface area contributed by atoms with Crippen LogP contribution in [0.15, 0.2) is 24.3 Å². The van der Waals surface area contributed by atoms with Gasteiger partial charge in [0, 0.05) is 11.8 Å². The Morgan fingerprint density at radius 3 is 2.80 bits per heavy atom. The second kappa shape index (κ2) is 6.29. The van der Waals surface area contributed by atoms with Crippen LogP contribution in [0.3, 0.4) is 0 Å². The number of nitriles is 1. The number of hydrogen-bond donors (Lipinski definition) is 1. The van der Waals surface area contributed by atoms with Crippen molar-refractivity contribution >= 4 is 11.7 Å². The van der Waals surface area contributed by atoms with Crippen molar-refractivity contribution in [2.45, 2.75) is 25.7 Å². The third-order valence-corrected chi connectivity index (χ3v) is 3.43. The Morgan fingerprint density at radius 2 is 2.15 bits per heavy atom. The maximum absolute atomic E-state index is 11.6. The first kappa shape index (κ1) is 14.2. The van der Waals surface area contributed by atoms with E-state index in [1.807, 2.05) is 12.1 Å². The summed E-state index contributed by atoms with van der Waals surface area (Å²) in [5.74, 6) is 0.271. The van der Waals surface area contributed by atoms with Gasteiger partial charge in [-0.1, -0.05) is 12.1 Å². The predicted octanol–water partition coefficient (Wildman–Crippen LogP) is 2.27. The number of esters is 1. The Bertz CT molecular complexity index is 518. The van der Waals surface area contributed by atoms with E-state index in [2.05, 4.69) is 6.07 Å². The summed E-state index contributed by atoms with van der Waals surface area (Å²) in [7, 11) is 0. The van der Waals surface area contributed by atoms with E-state index in [0.29, 0.717) is 24.5 Å². The standard InChI is InChI=1S/C15H18N2O3/c16-9-8-15(6-7-15)11-20-14(18)5-10-19-13-4-2-1-3-12(13)17/h1-4H,5-8,10-11,17H2. The zero-order valence-electron chi connectivity index (χ0n) is 11.3. The number of benzene rings is 1. The highest BCUT2D eigenvalue weighted by Gasteiger charge is 2.43. The maximum atomic E-state index is 11.6. The van der Waals surface area contributed by atoms with Crippen LogP contribution in [-0.2, 0) is 9.53 Å². The molecule has 1 aliphatic carbocycles. The molecular formula is C15H18N2O3. The van der Waals surface area contributed by atoms with E-state index in [0.717, 1.165) is 12.8 Å². The number of anilines is 1. The first-order valence-electron chi connectivity index (χ1n) is 6.65. The zero-order valence-corrected chi connectivity index (χ0v) is 11.3. The molecule has 0 heterocycles. The van der Waals surface area contributed by atoms with Crippen LogP contribution < -0.4 is 10.5 Å². The molecule has 2 N–H and O–H groups in total. The number of carbonyl (C=O) groups excluding carboxylic acids is 1. The molecule has 1 aromatic carbocycles. The Morgan fingerprint density at radius 1 is 1.40 bits per heavy atom. The number of hydrogen-bond acceptors (Lipinski definition) is 5. The molecule has 5 nitrogen and oxygen atoms in total. The van der Waals surface area contributed by atoms with E-state index in [9.17, 15) is 4.79 Å². The molecule has 5 heteroatoms. The summed E-state index contributed by atoms with van der Waals surface area (Å²) >= 11 is 0. The van der Waals surface area contributed by atoms with Gasteiger partial charge < -0.3 is 15.2 Å². The Balaban J connectivity index is 1.66. The molecule has 0 saturated heterocycles. The Hall–Kier alpha value is -2.22. The normalized spacial score (nSPS) is 15.2. The van der Waals surface area contributed by atoms with Crippen molar-refractivity contribution in [1.29, 1.82) is 5.26 Å². The smallest absolute Gasteiger partial charge is 0.309 e. The minimum absolute atomic E-state index is 0.0743. The largest absolute Gasteiger partial charge is 0.491 e. The maximum Gasteiger partial charge on any atom is 0.309 e. The number of nitrogens with two attached hydrogens (primary N) is 1. The zero-order chi connectivity index (χ0) is 14.4. The van der Waals surface area contributed by atoms with Crippen LogP contribution in [0.5, 0.6) is 5.75 Å². The fraction of sp³-hybridized carbons (Fsp3) is 0.467. The molecule has 106 valence electrons. The SMILES string of the molecule is N#CCC1(COC(=O)CCOc2ccccc2N)CC1. The molecule has 1 saturated carbocycles. The van der Waals surface area contributed by atoms with Crippen LogP contribution >= 0.6 is 0 Å². The van der Waals surface area contributed by atoms with E-state index in [4.69, 9.17) is 20.5 Å². The van der Waals surface area contributed by atoms with Crippen molar-refractivity contribution in [3.05, 3.63) is 24.3 Å². The minimum Gasteiger partial charge on any atom is -0.491 e. The molecule has 0 aliphatic heterocycles. The molecule has 0 amide bonds. The summed E-state index contributed by atoms with van der Waals surface area (Å²) < 4.78 is 10.6. The number of nitrogens with zero attached hydrogens (tertiary/aromatic N) is 1. The Kier molecular flexibility index (Phi) is 4.46. The fourth-order valence-corrected chi connectivity index (χ4v) is 1.88. The van der Waals surface area contributed by atoms with Gasteiger partial charge in [-0.05, 0) is 25.0 Å². The topological polar surface area (TPSA) is 85.3 Å². The molecule has 0 bridgehead atoms. The van der Waals surface area contributed by atoms with Crippen molar-refractivity contribution in [2.24, 2.45) is 5.41 Å². The van der Waals surface area contributed by atoms with Gasteiger partial charge in [0.1, 0.15) is 5.75 Å². The van der Waals surface area contributed by atoms with E-state index in [-0.39, 0.29) is 24.4 Å². The van der Waals surface area contributed by atoms with Crippen LogP contribution in [0, 0.1) is 16.7 Å². The van der Waals surface area contributed by atoms with Gasteiger partial charge in [-0.25, -0.2) is 0 Å². The molecule has 1 aliphatic rings. The molecule has 0 spiro atoms. The van der Waals surface area contributed by atoms with Gasteiger partial charge in [0.15, 0.2) is 0 Å². The number of nitrogen functional groups attached to an aromatic ring is 1. The lowest BCUT2D eigenvalue weighted by Gasteiger charge is -2.12. The first-order chi connectivity index (χ1) is 9.65. The monoisotopic (exact) mass is 274 g/mol. The second-order valence-corrected chi connectivity index (χ2v) is 5.13. The van der Waals surface area contributed by atoms with E-state index >= 15 is 0 Å². The summed E-state index contributed by atoms with van der Waals surface area (Å²) in [5.41, 5.74) is 6.20. The van der Waals surface area contributed by atoms with Crippen LogP contribution in [0.1, 0.15) is 25.7 Å². The molecule has 0 aromatic heterocycles. The van der Waals surface area contributed by atoms with Crippen LogP contribution in [0.2, 0.25) is 0 Å². The van der Waals surface area contributed by atoms with Gasteiger partial charge in [0.2, 0.25) is 0 Å². The van der Waals surface area contributed by atoms with Gasteiger partial charge in [0.25, 0.3) is 0 Å². The number of rotatable bonds is 7. The molecule has 0 unspecified atom stereocenters. The summed E-state index contributed by atoms with van der Waals surface area (Å²) in [5, 5.41) is 8.68. The second-order valence-electron chi connectivity index (χ2n) is 5.13. The summed E-state index contributed by atoms with van der Waals surface area (Å²) in [6.45, 7) is 0.575. The lowest BCUT2D eigenvalue weighted by atomic mass is 10.1. The number of ether oxygens (including phenoxy) is 2. The van der Waals surface area contributed by atoms with Gasteiger partial charge >= 0.3 is 5.97 Å². The van der Waals surface area contributed by atoms with E-state index < -0.39 is 0 Å². The fourth-order valence-electron chi connectivity index (χ4n) is 1.88. The van der Waals surface area contributed by atoms with Crippen LogP contribution in [-0.4, -0.2) is 19.2 Å². The summed E-state index contributed by atoms with van der Waals surface area (Å²) in [6, 6.07) is 9.28. The lowest BCUT2D eigenvalue weighted by Crippen LogP contribution is -2.16. The first-order valence-corrected chi connectivity index (χ1v) is 6.65. The van der Waals surface area contributed by atoms with Crippen LogP contribution in [0.25, 0.3) is 0 Å². The van der Waals surface area contributed by atoms with Gasteiger partial charge in [0.05, 0.1) is 31.4 Å². The highest BCUT2D eigenvalue weighted by molar-refractivity contribution is 5.69. The average molecular weight is 274 g/mol. The minimum atomic E-state index is -0.302. The van der Waals surface area contributed by atoms with E-state index in [1.165, 1.54) is 0 Å². The molecule has 2 rings (SSSR count). The molecule has 0 radical (unpaired) electrons. The highest BCUT2D eigenvalue weighted by atomic mass is 16.5. The number of para-hydroxylation sites is 2. The van der Waals surface area contributed by atoms with Crippen molar-refractivity contribution < 1.29 is 14.3 Å². The number of carbonyl (C=O) groups is 1. The summed E-state index contributed by atoms with van der Waals surface area (Å²) in [4.78, 5) is 11.6. The van der Waals surface area contributed by atoms with Crippen molar-refractivity contribution in [3.63, 3.8) is 0 Å². The van der Waals surface area contributed by atoms with Gasteiger partial charge in [-0.15, -0.1) is 0 Å². The van der Waals surface area contributed by atoms with E-state index in [1.54, 1.807) is 12.1 Å². The van der Waals surface area contributed by atoms with Crippen molar-refractivity contribution in [1.82, 2.24) is 0 Å². The average Bonchev–Trinajstić information content (AvgIpc) is 3.19. The van der Waals surface area contributed by atoms with Crippen LogP contribution in [0.4, 0.5) is 5.69 Å². The molecule has 1 aromatic rings. The molecular weight excluding hydrogens is 256 g/mol. The molecule has 20 heavy (non-hydrogen) atoms. The quantitative estimate of drug-likeness (QED) is 0.609. The third-order valence-electron chi connectivity index (χ3n) is 3.43. The Labute approximate surface area is 118 Å². The lowest BCUT2D eigenvalue weighted by molar-refractivity contribution is -0.146. The predicted molar refractivity (Wildman–Crippen MR) is 73.8 cm³/mol. The highest BCUT2D eigenvalue weighted by Crippen LogP contribution is 2.48. The van der Waals surface area contributed by atoms with Gasteiger partial charge in [-0.2, -0.15) is 5.26 Å². The van der Waals surface area contributed by atoms with Crippen molar-refractivity contribution in [2.75, 3.05) is 18.9 Å². The summed E-state index contributed by atoms with van der Waals surface area (Å²) in [6.07, 6.45) is 2.56. The van der Waals surface area contributed by atoms with Crippen molar-refractivity contribution in [3.8, 4) is 11.8 Å². The van der Waals surface area contributed by atoms with Gasteiger partial charge in [-0.3, -0.25) is 4.79 Å². The molecule has 1 fully saturated rings.